The number of rotatable bonds is 4. The first-order chi connectivity index (χ1) is 8.19. The maximum Gasteiger partial charge on any atom is 0.118 e. The van der Waals surface area contributed by atoms with E-state index in [2.05, 4.69) is 23.9 Å². The van der Waals surface area contributed by atoms with Crippen molar-refractivity contribution < 1.29 is 4.42 Å². The van der Waals surface area contributed by atoms with Gasteiger partial charge in [-0.3, -0.25) is 4.90 Å². The van der Waals surface area contributed by atoms with E-state index in [1.807, 2.05) is 12.1 Å². The van der Waals surface area contributed by atoms with E-state index in [1.54, 1.807) is 0 Å². The van der Waals surface area contributed by atoms with Crippen LogP contribution in [-0.2, 0) is 13.1 Å². The SMILES string of the molecule is CN(C)C1CCCN(Cc2ccc(CN)o2)C1. The van der Waals surface area contributed by atoms with E-state index in [-0.39, 0.29) is 0 Å². The smallest absolute Gasteiger partial charge is 0.118 e. The van der Waals surface area contributed by atoms with E-state index in [0.29, 0.717) is 12.6 Å². The van der Waals surface area contributed by atoms with Crippen LogP contribution < -0.4 is 5.73 Å². The molecule has 2 N–H and O–H groups in total. The summed E-state index contributed by atoms with van der Waals surface area (Å²) >= 11 is 0. The maximum atomic E-state index is 5.65. The number of hydrogen-bond donors (Lipinski definition) is 1. The molecule has 1 saturated heterocycles. The Balaban J connectivity index is 1.90. The van der Waals surface area contributed by atoms with Gasteiger partial charge < -0.3 is 15.1 Å². The Morgan fingerprint density at radius 1 is 1.41 bits per heavy atom. The first-order valence-electron chi connectivity index (χ1n) is 6.35. The predicted molar refractivity (Wildman–Crippen MR) is 68.6 cm³/mol. The van der Waals surface area contributed by atoms with E-state index in [0.717, 1.165) is 24.6 Å². The van der Waals surface area contributed by atoms with E-state index in [4.69, 9.17) is 10.2 Å². The first kappa shape index (κ1) is 12.6. The Hall–Kier alpha value is -0.840. The van der Waals surface area contributed by atoms with Crippen LogP contribution in [0.3, 0.4) is 0 Å². The molecule has 1 unspecified atom stereocenters. The highest BCUT2D eigenvalue weighted by Crippen LogP contribution is 2.17. The molecule has 0 spiro atoms. The Bertz CT molecular complexity index is 348. The second-order valence-electron chi connectivity index (χ2n) is 5.07. The van der Waals surface area contributed by atoms with Crippen LogP contribution >= 0.6 is 0 Å². The molecule has 4 heteroatoms. The molecule has 0 aliphatic carbocycles. The van der Waals surface area contributed by atoms with Crippen LogP contribution in [0.15, 0.2) is 16.5 Å². The van der Waals surface area contributed by atoms with Crippen LogP contribution in [0, 0.1) is 0 Å². The summed E-state index contributed by atoms with van der Waals surface area (Å²) in [6.45, 7) is 3.69. The molecule has 96 valence electrons. The van der Waals surface area contributed by atoms with Crippen LogP contribution in [0.5, 0.6) is 0 Å². The van der Waals surface area contributed by atoms with Crippen molar-refractivity contribution in [3.8, 4) is 0 Å². The minimum Gasteiger partial charge on any atom is -0.463 e. The molecule has 1 aromatic rings. The van der Waals surface area contributed by atoms with Crippen LogP contribution in [0.25, 0.3) is 0 Å². The second kappa shape index (κ2) is 5.67. The normalized spacial score (nSPS) is 22.2. The van der Waals surface area contributed by atoms with Crippen LogP contribution in [0.1, 0.15) is 24.4 Å². The summed E-state index contributed by atoms with van der Waals surface area (Å²) in [4.78, 5) is 4.78. The standard InChI is InChI=1S/C13H23N3O/c1-15(2)11-4-3-7-16(9-11)10-13-6-5-12(8-14)17-13/h5-6,11H,3-4,7-10,14H2,1-2H3. The lowest BCUT2D eigenvalue weighted by Gasteiger charge is -2.35. The van der Waals surface area contributed by atoms with Crippen molar-refractivity contribution in [2.24, 2.45) is 5.73 Å². The zero-order chi connectivity index (χ0) is 12.3. The summed E-state index contributed by atoms with van der Waals surface area (Å²) in [5.74, 6) is 1.91. The van der Waals surface area contributed by atoms with Gasteiger partial charge in [-0.15, -0.1) is 0 Å². The molecule has 1 aromatic heterocycles. The molecule has 2 heterocycles. The fraction of sp³-hybridized carbons (Fsp3) is 0.692. The summed E-state index contributed by atoms with van der Waals surface area (Å²) in [6.07, 6.45) is 2.57. The third-order valence-corrected chi connectivity index (χ3v) is 3.51. The lowest BCUT2D eigenvalue weighted by atomic mass is 10.0. The molecular formula is C13H23N3O. The number of likely N-dealkylation sites (N-methyl/N-ethyl adjacent to an activating group) is 1. The number of nitrogens with zero attached hydrogens (tertiary/aromatic N) is 2. The van der Waals surface area contributed by atoms with Crippen LogP contribution in [0.4, 0.5) is 0 Å². The van der Waals surface area contributed by atoms with Gasteiger partial charge in [-0.05, 0) is 45.6 Å². The van der Waals surface area contributed by atoms with Gasteiger partial charge in [0.25, 0.3) is 0 Å². The topological polar surface area (TPSA) is 45.6 Å². The molecule has 1 fully saturated rings. The lowest BCUT2D eigenvalue weighted by Crippen LogP contribution is -2.44. The monoisotopic (exact) mass is 237 g/mol. The minimum absolute atomic E-state index is 0.486. The van der Waals surface area contributed by atoms with Crippen molar-refractivity contribution in [3.63, 3.8) is 0 Å². The molecule has 2 rings (SSSR count). The van der Waals surface area contributed by atoms with Crippen LogP contribution in [-0.4, -0.2) is 43.0 Å². The van der Waals surface area contributed by atoms with Gasteiger partial charge in [0.15, 0.2) is 0 Å². The summed E-state index contributed by atoms with van der Waals surface area (Å²) in [7, 11) is 4.32. The van der Waals surface area contributed by atoms with Crippen molar-refractivity contribution in [3.05, 3.63) is 23.7 Å². The minimum atomic E-state index is 0.486. The Morgan fingerprint density at radius 3 is 2.82 bits per heavy atom. The summed E-state index contributed by atoms with van der Waals surface area (Å²) in [5.41, 5.74) is 5.54. The highest BCUT2D eigenvalue weighted by atomic mass is 16.3. The Morgan fingerprint density at radius 2 is 2.18 bits per heavy atom. The number of piperidine rings is 1. The van der Waals surface area contributed by atoms with Crippen molar-refractivity contribution in [1.82, 2.24) is 9.80 Å². The Labute approximate surface area is 103 Å². The predicted octanol–water partition coefficient (Wildman–Crippen LogP) is 1.26. The Kier molecular flexibility index (Phi) is 4.20. The molecule has 17 heavy (non-hydrogen) atoms. The highest BCUT2D eigenvalue weighted by Gasteiger charge is 2.21. The average molecular weight is 237 g/mol. The van der Waals surface area contributed by atoms with E-state index in [9.17, 15) is 0 Å². The fourth-order valence-electron chi connectivity index (χ4n) is 2.43. The fourth-order valence-corrected chi connectivity index (χ4v) is 2.43. The van der Waals surface area contributed by atoms with Gasteiger partial charge in [0.1, 0.15) is 11.5 Å². The van der Waals surface area contributed by atoms with Gasteiger partial charge in [0.05, 0.1) is 13.1 Å². The van der Waals surface area contributed by atoms with E-state index in [1.165, 1.54) is 19.4 Å². The first-order valence-corrected chi connectivity index (χ1v) is 6.35. The summed E-state index contributed by atoms with van der Waals surface area (Å²) in [6, 6.07) is 4.69. The molecule has 0 radical (unpaired) electrons. The highest BCUT2D eigenvalue weighted by molar-refractivity contribution is 5.07. The molecule has 4 nitrogen and oxygen atoms in total. The average Bonchev–Trinajstić information content (AvgIpc) is 2.77. The lowest BCUT2D eigenvalue weighted by molar-refractivity contribution is 0.121. The zero-order valence-corrected chi connectivity index (χ0v) is 10.9. The number of nitrogens with two attached hydrogens (primary N) is 1. The second-order valence-corrected chi connectivity index (χ2v) is 5.07. The summed E-state index contributed by atoms with van der Waals surface area (Å²) in [5, 5.41) is 0. The maximum absolute atomic E-state index is 5.65. The van der Waals surface area contributed by atoms with E-state index < -0.39 is 0 Å². The van der Waals surface area contributed by atoms with Crippen molar-refractivity contribution in [2.75, 3.05) is 27.2 Å². The van der Waals surface area contributed by atoms with Gasteiger partial charge >= 0.3 is 0 Å². The van der Waals surface area contributed by atoms with Crippen molar-refractivity contribution >= 4 is 0 Å². The molecule has 0 aromatic carbocycles. The van der Waals surface area contributed by atoms with Crippen molar-refractivity contribution in [2.45, 2.75) is 32.0 Å². The van der Waals surface area contributed by atoms with Gasteiger partial charge in [0.2, 0.25) is 0 Å². The number of likely N-dealkylation sites (tertiary alicyclic amines) is 1. The number of furan rings is 1. The third-order valence-electron chi connectivity index (χ3n) is 3.51. The van der Waals surface area contributed by atoms with E-state index >= 15 is 0 Å². The molecular weight excluding hydrogens is 214 g/mol. The quantitative estimate of drug-likeness (QED) is 0.856. The summed E-state index contributed by atoms with van der Waals surface area (Å²) < 4.78 is 5.65. The molecule has 0 saturated carbocycles. The third kappa shape index (κ3) is 3.31. The van der Waals surface area contributed by atoms with Gasteiger partial charge in [0, 0.05) is 12.6 Å². The van der Waals surface area contributed by atoms with Crippen LogP contribution in [0.2, 0.25) is 0 Å². The molecule has 1 aliphatic heterocycles. The number of hydrogen-bond acceptors (Lipinski definition) is 4. The van der Waals surface area contributed by atoms with Crippen molar-refractivity contribution in [1.29, 1.82) is 0 Å². The molecule has 0 amide bonds. The van der Waals surface area contributed by atoms with Gasteiger partial charge in [-0.2, -0.15) is 0 Å². The van der Waals surface area contributed by atoms with Gasteiger partial charge in [-0.25, -0.2) is 0 Å². The molecule has 1 aliphatic rings. The largest absolute Gasteiger partial charge is 0.463 e. The van der Waals surface area contributed by atoms with Gasteiger partial charge in [-0.1, -0.05) is 0 Å². The zero-order valence-electron chi connectivity index (χ0n) is 10.9. The molecule has 0 bridgehead atoms. The molecule has 1 atom stereocenters.